The first kappa shape index (κ1) is 12.1. The molecule has 6 heteroatoms. The highest BCUT2D eigenvalue weighted by molar-refractivity contribution is 5.98. The Labute approximate surface area is 104 Å². The maximum atomic E-state index is 11.8. The molecular weight excluding hydrogens is 232 g/mol. The number of rotatable bonds is 4. The molecule has 0 unspecified atom stereocenters. The number of carbonyl (C=O) groups is 1. The molecule has 0 saturated carbocycles. The number of carbonyl (C=O) groups excluding carboxylic acids is 1. The van der Waals surface area contributed by atoms with Crippen molar-refractivity contribution in [1.82, 2.24) is 15.3 Å². The average Bonchev–Trinajstić information content (AvgIpc) is 2.84. The van der Waals surface area contributed by atoms with Gasteiger partial charge in [0.05, 0.1) is 18.3 Å². The quantitative estimate of drug-likeness (QED) is 0.843. The second-order valence-corrected chi connectivity index (χ2v) is 3.69. The maximum Gasteiger partial charge on any atom is 0.255 e. The standard InChI is InChI=1S/C12H14N4O2/c1-2-8-6-15-10(18-8)7-16-12(17)9-4-3-5-14-11(9)13/h3-6H,2,7H2,1H3,(H2,13,14)(H,16,17). The predicted molar refractivity (Wildman–Crippen MR) is 65.7 cm³/mol. The highest BCUT2D eigenvalue weighted by Crippen LogP contribution is 2.08. The third-order valence-electron chi connectivity index (χ3n) is 2.43. The van der Waals surface area contributed by atoms with Crippen molar-refractivity contribution < 1.29 is 9.21 Å². The van der Waals surface area contributed by atoms with Crippen molar-refractivity contribution in [2.75, 3.05) is 5.73 Å². The molecule has 2 aromatic rings. The molecule has 3 N–H and O–H groups in total. The van der Waals surface area contributed by atoms with Gasteiger partial charge in [0.2, 0.25) is 5.89 Å². The van der Waals surface area contributed by atoms with Crippen molar-refractivity contribution in [1.29, 1.82) is 0 Å². The molecule has 0 fully saturated rings. The second kappa shape index (κ2) is 5.31. The number of oxazole rings is 1. The molecule has 0 aromatic carbocycles. The SMILES string of the molecule is CCc1cnc(CNC(=O)c2cccnc2N)o1. The fraction of sp³-hybridized carbons (Fsp3) is 0.250. The van der Waals surface area contributed by atoms with Gasteiger partial charge in [-0.15, -0.1) is 0 Å². The van der Waals surface area contributed by atoms with E-state index < -0.39 is 0 Å². The molecule has 0 saturated heterocycles. The molecule has 0 atom stereocenters. The molecule has 6 nitrogen and oxygen atoms in total. The van der Waals surface area contributed by atoms with E-state index in [1.54, 1.807) is 18.3 Å². The molecule has 18 heavy (non-hydrogen) atoms. The van der Waals surface area contributed by atoms with Gasteiger partial charge in [-0.3, -0.25) is 4.79 Å². The molecule has 0 aliphatic heterocycles. The summed E-state index contributed by atoms with van der Waals surface area (Å²) in [5.41, 5.74) is 5.95. The van der Waals surface area contributed by atoms with Crippen LogP contribution >= 0.6 is 0 Å². The van der Waals surface area contributed by atoms with Gasteiger partial charge in [0.1, 0.15) is 11.6 Å². The number of amides is 1. The van der Waals surface area contributed by atoms with Crippen LogP contribution in [0.5, 0.6) is 0 Å². The molecular formula is C12H14N4O2. The number of aryl methyl sites for hydroxylation is 1. The Morgan fingerprint density at radius 3 is 3.00 bits per heavy atom. The number of anilines is 1. The highest BCUT2D eigenvalue weighted by Gasteiger charge is 2.10. The van der Waals surface area contributed by atoms with Crippen molar-refractivity contribution in [3.05, 3.63) is 41.7 Å². The van der Waals surface area contributed by atoms with Gasteiger partial charge in [-0.25, -0.2) is 9.97 Å². The average molecular weight is 246 g/mol. The number of nitrogens with one attached hydrogen (secondary N) is 1. The Balaban J connectivity index is 1.98. The van der Waals surface area contributed by atoms with Gasteiger partial charge in [-0.2, -0.15) is 0 Å². The monoisotopic (exact) mass is 246 g/mol. The van der Waals surface area contributed by atoms with Gasteiger partial charge < -0.3 is 15.5 Å². The van der Waals surface area contributed by atoms with E-state index in [-0.39, 0.29) is 18.3 Å². The van der Waals surface area contributed by atoms with E-state index in [9.17, 15) is 4.79 Å². The van der Waals surface area contributed by atoms with Crippen molar-refractivity contribution in [3.63, 3.8) is 0 Å². The van der Waals surface area contributed by atoms with E-state index in [4.69, 9.17) is 10.2 Å². The predicted octanol–water partition coefficient (Wildman–Crippen LogP) is 1.14. The Morgan fingerprint density at radius 1 is 1.50 bits per heavy atom. The summed E-state index contributed by atoms with van der Waals surface area (Å²) < 4.78 is 5.38. The van der Waals surface area contributed by atoms with E-state index in [1.807, 2.05) is 6.92 Å². The van der Waals surface area contributed by atoms with Crippen LogP contribution in [0.4, 0.5) is 5.82 Å². The molecule has 2 heterocycles. The molecule has 2 aromatic heterocycles. The van der Waals surface area contributed by atoms with Crippen LogP contribution in [0.1, 0.15) is 28.9 Å². The van der Waals surface area contributed by atoms with Crippen LogP contribution in [0, 0.1) is 0 Å². The molecule has 0 spiro atoms. The van der Waals surface area contributed by atoms with Gasteiger partial charge in [0, 0.05) is 12.6 Å². The van der Waals surface area contributed by atoms with E-state index in [1.165, 1.54) is 6.20 Å². The zero-order valence-corrected chi connectivity index (χ0v) is 10.0. The molecule has 0 radical (unpaired) electrons. The minimum atomic E-state index is -0.295. The van der Waals surface area contributed by atoms with Crippen molar-refractivity contribution in [3.8, 4) is 0 Å². The minimum Gasteiger partial charge on any atom is -0.444 e. The molecule has 94 valence electrons. The highest BCUT2D eigenvalue weighted by atomic mass is 16.4. The third-order valence-corrected chi connectivity index (χ3v) is 2.43. The summed E-state index contributed by atoms with van der Waals surface area (Å²) in [4.78, 5) is 19.7. The number of hydrogen-bond acceptors (Lipinski definition) is 5. The lowest BCUT2D eigenvalue weighted by atomic mass is 10.2. The maximum absolute atomic E-state index is 11.8. The van der Waals surface area contributed by atoms with E-state index >= 15 is 0 Å². The molecule has 0 bridgehead atoms. The smallest absolute Gasteiger partial charge is 0.255 e. The minimum absolute atomic E-state index is 0.205. The first-order valence-electron chi connectivity index (χ1n) is 5.63. The van der Waals surface area contributed by atoms with Gasteiger partial charge >= 0.3 is 0 Å². The summed E-state index contributed by atoms with van der Waals surface area (Å²) in [6, 6.07) is 3.27. The largest absolute Gasteiger partial charge is 0.444 e. The molecule has 0 aliphatic rings. The number of nitrogen functional groups attached to an aromatic ring is 1. The van der Waals surface area contributed by atoms with Crippen LogP contribution in [0.25, 0.3) is 0 Å². The first-order chi connectivity index (χ1) is 8.70. The van der Waals surface area contributed by atoms with Gasteiger partial charge in [0.15, 0.2) is 0 Å². The Morgan fingerprint density at radius 2 is 2.33 bits per heavy atom. The molecule has 0 aliphatic carbocycles. The summed E-state index contributed by atoms with van der Waals surface area (Å²) in [6.45, 7) is 2.20. The first-order valence-corrected chi connectivity index (χ1v) is 5.63. The van der Waals surface area contributed by atoms with Crippen LogP contribution in [-0.4, -0.2) is 15.9 Å². The fourth-order valence-electron chi connectivity index (χ4n) is 1.45. The Kier molecular flexibility index (Phi) is 3.57. The topological polar surface area (TPSA) is 94.0 Å². The van der Waals surface area contributed by atoms with Crippen LogP contribution in [0.3, 0.4) is 0 Å². The summed E-state index contributed by atoms with van der Waals surface area (Å²) in [6.07, 6.45) is 3.96. The lowest BCUT2D eigenvalue weighted by Gasteiger charge is -2.04. The third kappa shape index (κ3) is 2.65. The van der Waals surface area contributed by atoms with Crippen LogP contribution < -0.4 is 11.1 Å². The number of pyridine rings is 1. The van der Waals surface area contributed by atoms with Crippen molar-refractivity contribution in [2.24, 2.45) is 0 Å². The van der Waals surface area contributed by atoms with Gasteiger partial charge in [0.25, 0.3) is 5.91 Å². The summed E-state index contributed by atoms with van der Waals surface area (Å²) in [5, 5.41) is 2.68. The normalized spacial score (nSPS) is 10.3. The van der Waals surface area contributed by atoms with Gasteiger partial charge in [-0.1, -0.05) is 6.92 Å². The summed E-state index contributed by atoms with van der Waals surface area (Å²) in [7, 11) is 0. The number of hydrogen-bond donors (Lipinski definition) is 2. The fourth-order valence-corrected chi connectivity index (χ4v) is 1.45. The Hall–Kier alpha value is -2.37. The lowest BCUT2D eigenvalue weighted by Crippen LogP contribution is -2.24. The molecule has 2 rings (SSSR count). The number of nitrogens with two attached hydrogens (primary N) is 1. The van der Waals surface area contributed by atoms with E-state index in [2.05, 4.69) is 15.3 Å². The second-order valence-electron chi connectivity index (χ2n) is 3.69. The Bertz CT molecular complexity index is 551. The van der Waals surface area contributed by atoms with Crippen LogP contribution in [-0.2, 0) is 13.0 Å². The van der Waals surface area contributed by atoms with Crippen LogP contribution in [0.2, 0.25) is 0 Å². The number of aromatic nitrogens is 2. The van der Waals surface area contributed by atoms with Crippen molar-refractivity contribution in [2.45, 2.75) is 19.9 Å². The van der Waals surface area contributed by atoms with Crippen LogP contribution in [0.15, 0.2) is 28.9 Å². The van der Waals surface area contributed by atoms with Crippen molar-refractivity contribution >= 4 is 11.7 Å². The molecule has 1 amide bonds. The van der Waals surface area contributed by atoms with Gasteiger partial charge in [-0.05, 0) is 12.1 Å². The summed E-state index contributed by atoms with van der Waals surface area (Å²) in [5.74, 6) is 1.18. The zero-order valence-electron chi connectivity index (χ0n) is 10.0. The number of nitrogens with zero attached hydrogens (tertiary/aromatic N) is 2. The van der Waals surface area contributed by atoms with E-state index in [0.717, 1.165) is 12.2 Å². The summed E-state index contributed by atoms with van der Waals surface area (Å²) >= 11 is 0. The van der Waals surface area contributed by atoms with E-state index in [0.29, 0.717) is 11.5 Å². The zero-order chi connectivity index (χ0) is 13.0. The lowest BCUT2D eigenvalue weighted by molar-refractivity contribution is 0.0947.